The van der Waals surface area contributed by atoms with Gasteiger partial charge in [0.2, 0.25) is 0 Å². The molecule has 1 fully saturated rings. The first-order chi connectivity index (χ1) is 9.26. The van der Waals surface area contributed by atoms with Crippen LogP contribution in [0.4, 0.5) is 0 Å². The molecular weight excluding hydrogens is 262 g/mol. The summed E-state index contributed by atoms with van der Waals surface area (Å²) in [6.45, 7) is 1.85. The second-order valence-corrected chi connectivity index (χ2v) is 5.43. The van der Waals surface area contributed by atoms with Crippen molar-refractivity contribution in [2.75, 3.05) is 20.8 Å². The lowest BCUT2D eigenvalue weighted by Gasteiger charge is -2.14. The highest BCUT2D eigenvalue weighted by atomic mass is 35.5. The average molecular weight is 284 g/mol. The van der Waals surface area contributed by atoms with E-state index < -0.39 is 0 Å². The second kappa shape index (κ2) is 7.01. The summed E-state index contributed by atoms with van der Waals surface area (Å²) in [6, 6.07) is 3.89. The van der Waals surface area contributed by atoms with E-state index in [0.717, 1.165) is 24.6 Å². The summed E-state index contributed by atoms with van der Waals surface area (Å²) < 4.78 is 10.5. The Morgan fingerprint density at radius 3 is 2.58 bits per heavy atom. The molecule has 0 unspecified atom stereocenters. The van der Waals surface area contributed by atoms with Gasteiger partial charge in [0.15, 0.2) is 11.5 Å². The molecule has 1 N–H and O–H groups in total. The van der Waals surface area contributed by atoms with E-state index in [1.165, 1.54) is 25.7 Å². The Morgan fingerprint density at radius 1 is 1.21 bits per heavy atom. The van der Waals surface area contributed by atoms with E-state index in [1.54, 1.807) is 14.2 Å². The predicted molar refractivity (Wildman–Crippen MR) is 78.2 cm³/mol. The van der Waals surface area contributed by atoms with Gasteiger partial charge < -0.3 is 14.8 Å². The van der Waals surface area contributed by atoms with Crippen molar-refractivity contribution >= 4 is 11.6 Å². The summed E-state index contributed by atoms with van der Waals surface area (Å²) in [4.78, 5) is 0. The Hall–Kier alpha value is -0.930. The van der Waals surface area contributed by atoms with Gasteiger partial charge in [-0.15, -0.1) is 0 Å². The first-order valence-corrected chi connectivity index (χ1v) is 7.24. The second-order valence-electron chi connectivity index (χ2n) is 5.06. The molecule has 1 aliphatic rings. The Balaban J connectivity index is 1.95. The zero-order chi connectivity index (χ0) is 13.7. The maximum atomic E-state index is 6.34. The third-order valence-electron chi connectivity index (χ3n) is 3.79. The highest BCUT2D eigenvalue weighted by molar-refractivity contribution is 6.33. The van der Waals surface area contributed by atoms with Crippen molar-refractivity contribution in [3.8, 4) is 11.5 Å². The molecule has 2 rings (SSSR count). The van der Waals surface area contributed by atoms with Gasteiger partial charge in [0.05, 0.1) is 19.2 Å². The normalized spacial score (nSPS) is 15.7. The molecule has 0 aliphatic heterocycles. The fourth-order valence-electron chi connectivity index (χ4n) is 2.69. The molecule has 1 aromatic rings. The molecule has 1 aromatic carbocycles. The number of ether oxygens (including phenoxy) is 2. The summed E-state index contributed by atoms with van der Waals surface area (Å²) in [6.07, 6.45) is 5.46. The third kappa shape index (κ3) is 3.54. The summed E-state index contributed by atoms with van der Waals surface area (Å²) >= 11 is 6.34. The Kier molecular flexibility index (Phi) is 5.34. The van der Waals surface area contributed by atoms with Crippen LogP contribution in [0.25, 0.3) is 0 Å². The summed E-state index contributed by atoms with van der Waals surface area (Å²) in [5, 5.41) is 4.13. The quantitative estimate of drug-likeness (QED) is 0.865. The zero-order valence-corrected chi connectivity index (χ0v) is 12.4. The molecule has 1 saturated carbocycles. The van der Waals surface area contributed by atoms with Gasteiger partial charge in [-0.1, -0.05) is 30.5 Å². The molecule has 0 radical (unpaired) electrons. The lowest BCUT2D eigenvalue weighted by atomic mass is 10.1. The van der Waals surface area contributed by atoms with Crippen LogP contribution in [0.5, 0.6) is 11.5 Å². The molecule has 0 atom stereocenters. The van der Waals surface area contributed by atoms with E-state index in [9.17, 15) is 0 Å². The standard InChI is InChI=1S/C15H22ClNO2/c1-18-13-8-7-12(14(16)15(13)19-2)10-17-9-11-5-3-4-6-11/h7-8,11,17H,3-6,9-10H2,1-2H3. The molecule has 106 valence electrons. The number of hydrogen-bond acceptors (Lipinski definition) is 3. The molecule has 0 bridgehead atoms. The summed E-state index contributed by atoms with van der Waals surface area (Å²) in [5.74, 6) is 2.12. The molecule has 1 aliphatic carbocycles. The van der Waals surface area contributed by atoms with E-state index in [-0.39, 0.29) is 0 Å². The molecule has 4 heteroatoms. The molecule has 0 spiro atoms. The molecule has 0 amide bonds. The number of nitrogens with one attached hydrogen (secondary N) is 1. The monoisotopic (exact) mass is 283 g/mol. The van der Waals surface area contributed by atoms with Gasteiger partial charge in [-0.3, -0.25) is 0 Å². The molecule has 0 saturated heterocycles. The maximum Gasteiger partial charge on any atom is 0.179 e. The topological polar surface area (TPSA) is 30.5 Å². The summed E-state index contributed by atoms with van der Waals surface area (Å²) in [5.41, 5.74) is 1.05. The third-order valence-corrected chi connectivity index (χ3v) is 4.20. The Labute approximate surface area is 120 Å². The Morgan fingerprint density at radius 2 is 1.95 bits per heavy atom. The number of benzene rings is 1. The fraction of sp³-hybridized carbons (Fsp3) is 0.600. The van der Waals surface area contributed by atoms with E-state index >= 15 is 0 Å². The van der Waals surface area contributed by atoms with E-state index in [2.05, 4.69) is 5.32 Å². The number of methoxy groups -OCH3 is 2. The van der Waals surface area contributed by atoms with Gasteiger partial charge in [0, 0.05) is 6.54 Å². The average Bonchev–Trinajstić information content (AvgIpc) is 2.93. The van der Waals surface area contributed by atoms with Crippen molar-refractivity contribution < 1.29 is 9.47 Å². The van der Waals surface area contributed by atoms with Crippen LogP contribution in [0.15, 0.2) is 12.1 Å². The highest BCUT2D eigenvalue weighted by Crippen LogP contribution is 2.37. The molecule has 0 heterocycles. The van der Waals surface area contributed by atoms with Crippen LogP contribution in [-0.4, -0.2) is 20.8 Å². The van der Waals surface area contributed by atoms with E-state index in [0.29, 0.717) is 16.5 Å². The van der Waals surface area contributed by atoms with Crippen molar-refractivity contribution in [2.24, 2.45) is 5.92 Å². The first-order valence-electron chi connectivity index (χ1n) is 6.86. The van der Waals surface area contributed by atoms with Crippen LogP contribution in [0, 0.1) is 5.92 Å². The lowest BCUT2D eigenvalue weighted by Crippen LogP contribution is -2.20. The minimum Gasteiger partial charge on any atom is -0.493 e. The van der Waals surface area contributed by atoms with Crippen LogP contribution in [0.1, 0.15) is 31.2 Å². The highest BCUT2D eigenvalue weighted by Gasteiger charge is 2.16. The predicted octanol–water partition coefficient (Wildman–Crippen LogP) is 3.64. The minimum absolute atomic E-state index is 0.615. The van der Waals surface area contributed by atoms with Gasteiger partial charge in [0.1, 0.15) is 0 Å². The SMILES string of the molecule is COc1ccc(CNCC2CCCC2)c(Cl)c1OC. The molecule has 0 aromatic heterocycles. The van der Waals surface area contributed by atoms with Crippen LogP contribution >= 0.6 is 11.6 Å². The van der Waals surface area contributed by atoms with Gasteiger partial charge in [0.25, 0.3) is 0 Å². The fourth-order valence-corrected chi connectivity index (χ4v) is 2.99. The summed E-state index contributed by atoms with van der Waals surface area (Å²) in [7, 11) is 3.23. The maximum absolute atomic E-state index is 6.34. The van der Waals surface area contributed by atoms with Crippen LogP contribution in [-0.2, 0) is 6.54 Å². The largest absolute Gasteiger partial charge is 0.493 e. The van der Waals surface area contributed by atoms with Gasteiger partial charge >= 0.3 is 0 Å². The number of hydrogen-bond donors (Lipinski definition) is 1. The molecule has 3 nitrogen and oxygen atoms in total. The van der Waals surface area contributed by atoms with Crippen LogP contribution in [0.3, 0.4) is 0 Å². The lowest BCUT2D eigenvalue weighted by molar-refractivity contribution is 0.354. The first kappa shape index (κ1) is 14.5. The zero-order valence-electron chi connectivity index (χ0n) is 11.7. The van der Waals surface area contributed by atoms with Crippen LogP contribution in [0.2, 0.25) is 5.02 Å². The van der Waals surface area contributed by atoms with E-state index in [1.807, 2.05) is 12.1 Å². The number of halogens is 1. The van der Waals surface area contributed by atoms with E-state index in [4.69, 9.17) is 21.1 Å². The van der Waals surface area contributed by atoms with Crippen molar-refractivity contribution in [2.45, 2.75) is 32.2 Å². The van der Waals surface area contributed by atoms with Crippen LogP contribution < -0.4 is 14.8 Å². The molecular formula is C15H22ClNO2. The number of rotatable bonds is 6. The van der Waals surface area contributed by atoms with Crippen molar-refractivity contribution in [3.05, 3.63) is 22.7 Å². The smallest absolute Gasteiger partial charge is 0.179 e. The van der Waals surface area contributed by atoms with Crippen molar-refractivity contribution in [1.29, 1.82) is 0 Å². The van der Waals surface area contributed by atoms with Crippen molar-refractivity contribution in [1.82, 2.24) is 5.32 Å². The minimum atomic E-state index is 0.615. The molecule has 19 heavy (non-hydrogen) atoms. The van der Waals surface area contributed by atoms with Gasteiger partial charge in [-0.25, -0.2) is 0 Å². The van der Waals surface area contributed by atoms with Gasteiger partial charge in [-0.05, 0) is 36.9 Å². The van der Waals surface area contributed by atoms with Gasteiger partial charge in [-0.2, -0.15) is 0 Å². The van der Waals surface area contributed by atoms with Crippen molar-refractivity contribution in [3.63, 3.8) is 0 Å². The Bertz CT molecular complexity index is 417.